The van der Waals surface area contributed by atoms with Crippen molar-refractivity contribution in [3.05, 3.63) is 76.3 Å². The van der Waals surface area contributed by atoms with E-state index in [4.69, 9.17) is 30.5 Å². The fourth-order valence-electron chi connectivity index (χ4n) is 3.05. The Bertz CT molecular complexity index is 1080. The zero-order chi connectivity index (χ0) is 22.4. The predicted molar refractivity (Wildman–Crippen MR) is 121 cm³/mol. The first-order valence-electron chi connectivity index (χ1n) is 9.54. The average molecular weight is 442 g/mol. The van der Waals surface area contributed by atoms with E-state index in [2.05, 4.69) is 5.32 Å². The van der Waals surface area contributed by atoms with Gasteiger partial charge in [-0.05, 0) is 42.8 Å². The van der Waals surface area contributed by atoms with Crippen LogP contribution in [0.2, 0.25) is 5.02 Å². The van der Waals surface area contributed by atoms with Gasteiger partial charge in [0.15, 0.2) is 0 Å². The highest BCUT2D eigenvalue weighted by Gasteiger charge is 2.16. The van der Waals surface area contributed by atoms with Crippen LogP contribution in [0.15, 0.2) is 54.6 Å². The van der Waals surface area contributed by atoms with Crippen molar-refractivity contribution in [2.75, 3.05) is 26.6 Å². The van der Waals surface area contributed by atoms with E-state index in [0.29, 0.717) is 33.5 Å². The van der Waals surface area contributed by atoms with Gasteiger partial charge in [0.2, 0.25) is 0 Å². The maximum atomic E-state index is 12.9. The summed E-state index contributed by atoms with van der Waals surface area (Å²) in [6, 6.07) is 16.1. The molecule has 0 saturated carbocycles. The Kier molecular flexibility index (Phi) is 7.26. The van der Waals surface area contributed by atoms with Crippen LogP contribution in [0, 0.1) is 6.92 Å². The van der Waals surface area contributed by atoms with Gasteiger partial charge in [-0.3, -0.25) is 4.79 Å². The van der Waals surface area contributed by atoms with E-state index in [-0.39, 0.29) is 12.5 Å². The summed E-state index contributed by atoms with van der Waals surface area (Å²) in [7, 11) is 4.58. The van der Waals surface area contributed by atoms with Crippen molar-refractivity contribution in [1.29, 1.82) is 0 Å². The van der Waals surface area contributed by atoms with Crippen molar-refractivity contribution in [3.63, 3.8) is 0 Å². The molecule has 0 saturated heterocycles. The summed E-state index contributed by atoms with van der Waals surface area (Å²) in [6.07, 6.45) is 0. The van der Waals surface area contributed by atoms with Crippen molar-refractivity contribution in [3.8, 4) is 23.0 Å². The summed E-state index contributed by atoms with van der Waals surface area (Å²) in [4.78, 5) is 12.9. The zero-order valence-electron chi connectivity index (χ0n) is 17.8. The number of anilines is 1. The Morgan fingerprint density at radius 2 is 1.65 bits per heavy atom. The minimum absolute atomic E-state index is 0.256. The Morgan fingerprint density at radius 1 is 0.903 bits per heavy atom. The topological polar surface area (TPSA) is 66.0 Å². The molecule has 0 aromatic heterocycles. The minimum atomic E-state index is -0.317. The first-order valence-corrected chi connectivity index (χ1v) is 9.92. The second-order valence-electron chi connectivity index (χ2n) is 6.77. The van der Waals surface area contributed by atoms with Crippen LogP contribution in [0.5, 0.6) is 23.0 Å². The van der Waals surface area contributed by atoms with Crippen LogP contribution in [-0.4, -0.2) is 27.2 Å². The van der Waals surface area contributed by atoms with E-state index in [1.807, 2.05) is 31.2 Å². The highest BCUT2D eigenvalue weighted by molar-refractivity contribution is 6.32. The van der Waals surface area contributed by atoms with Gasteiger partial charge in [-0.2, -0.15) is 0 Å². The second-order valence-corrected chi connectivity index (χ2v) is 7.18. The standard InChI is InChI=1S/C24H24ClNO5/c1-15-6-5-7-18(10-15)31-14-17-11-16(8-9-21(17)28-2)24(27)26-20-13-22(29-3)19(25)12-23(20)30-4/h5-13H,14H2,1-4H3,(H,26,27). The molecule has 3 aromatic carbocycles. The second kappa shape index (κ2) is 10.1. The van der Waals surface area contributed by atoms with Gasteiger partial charge in [0, 0.05) is 23.3 Å². The monoisotopic (exact) mass is 441 g/mol. The average Bonchev–Trinajstić information content (AvgIpc) is 2.78. The highest BCUT2D eigenvalue weighted by Crippen LogP contribution is 2.36. The molecule has 162 valence electrons. The molecule has 0 bridgehead atoms. The molecular weight excluding hydrogens is 418 g/mol. The molecule has 3 rings (SSSR count). The number of carbonyl (C=O) groups is 1. The van der Waals surface area contributed by atoms with Crippen molar-refractivity contribution in [2.45, 2.75) is 13.5 Å². The number of halogens is 1. The van der Waals surface area contributed by atoms with E-state index in [1.54, 1.807) is 37.4 Å². The third-order valence-corrected chi connectivity index (χ3v) is 4.94. The maximum Gasteiger partial charge on any atom is 0.255 e. The third kappa shape index (κ3) is 5.41. The molecule has 1 amide bonds. The van der Waals surface area contributed by atoms with Gasteiger partial charge in [-0.1, -0.05) is 23.7 Å². The number of benzene rings is 3. The normalized spacial score (nSPS) is 10.4. The molecule has 7 heteroatoms. The molecule has 0 fully saturated rings. The summed E-state index contributed by atoms with van der Waals surface area (Å²) < 4.78 is 21.9. The lowest BCUT2D eigenvalue weighted by Crippen LogP contribution is -2.14. The van der Waals surface area contributed by atoms with Crippen LogP contribution in [0.25, 0.3) is 0 Å². The molecule has 0 aliphatic heterocycles. The Labute approximate surface area is 186 Å². The summed E-state index contributed by atoms with van der Waals surface area (Å²) in [5.74, 6) is 1.92. The molecule has 6 nitrogen and oxygen atoms in total. The van der Waals surface area contributed by atoms with Crippen molar-refractivity contribution in [2.24, 2.45) is 0 Å². The summed E-state index contributed by atoms with van der Waals surface area (Å²) in [6.45, 7) is 2.25. The molecule has 0 radical (unpaired) electrons. The lowest BCUT2D eigenvalue weighted by molar-refractivity contribution is 0.102. The maximum absolute atomic E-state index is 12.9. The molecular formula is C24H24ClNO5. The number of rotatable bonds is 8. The van der Waals surface area contributed by atoms with Gasteiger partial charge in [0.1, 0.15) is 29.6 Å². The smallest absolute Gasteiger partial charge is 0.255 e. The van der Waals surface area contributed by atoms with Crippen molar-refractivity contribution < 1.29 is 23.7 Å². The number of nitrogens with one attached hydrogen (secondary N) is 1. The van der Waals surface area contributed by atoms with E-state index in [9.17, 15) is 4.79 Å². The van der Waals surface area contributed by atoms with Gasteiger partial charge in [0.05, 0.1) is 32.0 Å². The van der Waals surface area contributed by atoms with Crippen LogP contribution in [0.4, 0.5) is 5.69 Å². The first kappa shape index (κ1) is 22.3. The lowest BCUT2D eigenvalue weighted by Gasteiger charge is -2.15. The Balaban J connectivity index is 1.82. The predicted octanol–water partition coefficient (Wildman–Crippen LogP) is 5.51. The van der Waals surface area contributed by atoms with Crippen molar-refractivity contribution in [1.82, 2.24) is 0 Å². The van der Waals surface area contributed by atoms with E-state index >= 15 is 0 Å². The third-order valence-electron chi connectivity index (χ3n) is 4.65. The van der Waals surface area contributed by atoms with E-state index in [1.165, 1.54) is 14.2 Å². The van der Waals surface area contributed by atoms with Crippen LogP contribution in [0.3, 0.4) is 0 Å². The molecule has 0 unspecified atom stereocenters. The molecule has 0 aliphatic rings. The number of carbonyl (C=O) groups excluding carboxylic acids is 1. The number of aryl methyl sites for hydroxylation is 1. The number of methoxy groups -OCH3 is 3. The Hall–Kier alpha value is -3.38. The first-order chi connectivity index (χ1) is 14.9. The lowest BCUT2D eigenvalue weighted by atomic mass is 10.1. The van der Waals surface area contributed by atoms with E-state index < -0.39 is 0 Å². The van der Waals surface area contributed by atoms with Gasteiger partial charge >= 0.3 is 0 Å². The number of ether oxygens (including phenoxy) is 4. The molecule has 1 N–H and O–H groups in total. The van der Waals surface area contributed by atoms with Crippen LogP contribution < -0.4 is 24.3 Å². The van der Waals surface area contributed by atoms with Gasteiger partial charge in [-0.25, -0.2) is 0 Å². The number of amides is 1. The molecule has 0 spiro atoms. The fraction of sp³-hybridized carbons (Fsp3) is 0.208. The summed E-state index contributed by atoms with van der Waals surface area (Å²) in [5.41, 5.74) is 2.74. The quantitative estimate of drug-likeness (QED) is 0.499. The summed E-state index contributed by atoms with van der Waals surface area (Å²) in [5, 5.41) is 3.23. The molecule has 3 aromatic rings. The fourth-order valence-corrected chi connectivity index (χ4v) is 3.28. The molecule has 0 atom stereocenters. The Morgan fingerprint density at radius 3 is 2.32 bits per heavy atom. The molecule has 31 heavy (non-hydrogen) atoms. The minimum Gasteiger partial charge on any atom is -0.496 e. The van der Waals surface area contributed by atoms with Gasteiger partial charge < -0.3 is 24.3 Å². The van der Waals surface area contributed by atoms with Crippen LogP contribution in [0.1, 0.15) is 21.5 Å². The zero-order valence-corrected chi connectivity index (χ0v) is 18.6. The van der Waals surface area contributed by atoms with Crippen molar-refractivity contribution >= 4 is 23.2 Å². The highest BCUT2D eigenvalue weighted by atomic mass is 35.5. The molecule has 0 aliphatic carbocycles. The van der Waals surface area contributed by atoms with Crippen LogP contribution >= 0.6 is 11.6 Å². The number of hydrogen-bond donors (Lipinski definition) is 1. The van der Waals surface area contributed by atoms with E-state index in [0.717, 1.165) is 16.9 Å². The van der Waals surface area contributed by atoms with Crippen LogP contribution in [-0.2, 0) is 6.61 Å². The van der Waals surface area contributed by atoms with Gasteiger partial charge in [0.25, 0.3) is 5.91 Å². The largest absolute Gasteiger partial charge is 0.496 e. The number of hydrogen-bond acceptors (Lipinski definition) is 5. The molecule has 0 heterocycles. The van der Waals surface area contributed by atoms with Gasteiger partial charge in [-0.15, -0.1) is 0 Å². The SMILES string of the molecule is COc1cc(NC(=O)c2ccc(OC)c(COc3cccc(C)c3)c2)c(OC)cc1Cl. The summed E-state index contributed by atoms with van der Waals surface area (Å²) >= 11 is 6.14.